The predicted octanol–water partition coefficient (Wildman–Crippen LogP) is 1.53. The molecule has 3 rings (SSSR count). The van der Waals surface area contributed by atoms with E-state index >= 15 is 0 Å². The maximum Gasteiger partial charge on any atom is 0.227 e. The smallest absolute Gasteiger partial charge is 0.227 e. The molecule has 1 aromatic heterocycles. The molecule has 1 atom stereocenters. The van der Waals surface area contributed by atoms with E-state index in [1.165, 1.54) is 0 Å². The Morgan fingerprint density at radius 1 is 1.23 bits per heavy atom. The monoisotopic (exact) mass is 349 g/mol. The number of carbonyl (C=O) groups is 2. The molecule has 7 nitrogen and oxygen atoms in total. The fraction of sp³-hybridized carbons (Fsp3) is 0.263. The van der Waals surface area contributed by atoms with Crippen LogP contribution >= 0.6 is 0 Å². The molecule has 0 aliphatic carbocycles. The summed E-state index contributed by atoms with van der Waals surface area (Å²) in [5, 5.41) is 14.9. The second kappa shape index (κ2) is 8.12. The van der Waals surface area contributed by atoms with Crippen molar-refractivity contribution in [3.8, 4) is 6.07 Å². The highest BCUT2D eigenvalue weighted by Gasteiger charge is 2.34. The molecule has 26 heavy (non-hydrogen) atoms. The molecule has 1 fully saturated rings. The van der Waals surface area contributed by atoms with E-state index in [0.29, 0.717) is 31.0 Å². The minimum Gasteiger partial charge on any atom is -0.367 e. The number of hydrogen-bond donors (Lipinski definition) is 2. The van der Waals surface area contributed by atoms with Crippen LogP contribution in [0.3, 0.4) is 0 Å². The van der Waals surface area contributed by atoms with Gasteiger partial charge in [-0.25, -0.2) is 4.98 Å². The van der Waals surface area contributed by atoms with Crippen molar-refractivity contribution in [2.75, 3.05) is 29.9 Å². The molecule has 2 amide bonds. The van der Waals surface area contributed by atoms with Crippen molar-refractivity contribution in [1.29, 1.82) is 5.26 Å². The van der Waals surface area contributed by atoms with Crippen molar-refractivity contribution in [3.63, 3.8) is 0 Å². The average Bonchev–Trinajstić information content (AvgIpc) is 3.08. The molecule has 1 aliphatic rings. The van der Waals surface area contributed by atoms with Crippen LogP contribution < -0.4 is 15.5 Å². The van der Waals surface area contributed by atoms with Crippen LogP contribution in [-0.4, -0.2) is 36.4 Å². The van der Waals surface area contributed by atoms with Crippen LogP contribution in [0.25, 0.3) is 0 Å². The van der Waals surface area contributed by atoms with Gasteiger partial charge in [0.05, 0.1) is 11.5 Å². The lowest BCUT2D eigenvalue weighted by atomic mass is 10.1. The minimum absolute atomic E-state index is 0.0402. The molecule has 2 heterocycles. The normalized spacial score (nSPS) is 16.2. The zero-order chi connectivity index (χ0) is 18.4. The van der Waals surface area contributed by atoms with Crippen LogP contribution in [0.5, 0.6) is 0 Å². The summed E-state index contributed by atoms with van der Waals surface area (Å²) in [5.41, 5.74) is 1.27. The number of hydrogen-bond acceptors (Lipinski definition) is 5. The number of rotatable bonds is 6. The summed E-state index contributed by atoms with van der Waals surface area (Å²) in [6.45, 7) is 1.22. The van der Waals surface area contributed by atoms with Gasteiger partial charge in [-0.3, -0.25) is 9.59 Å². The van der Waals surface area contributed by atoms with Crippen molar-refractivity contribution in [2.45, 2.75) is 6.42 Å². The molecule has 1 aliphatic heterocycles. The molecule has 1 unspecified atom stereocenters. The van der Waals surface area contributed by atoms with E-state index in [2.05, 4.69) is 21.7 Å². The summed E-state index contributed by atoms with van der Waals surface area (Å²) in [6, 6.07) is 14.8. The Labute approximate surface area is 151 Å². The number of aromatic nitrogens is 1. The van der Waals surface area contributed by atoms with Crippen molar-refractivity contribution >= 4 is 23.3 Å². The van der Waals surface area contributed by atoms with Crippen LogP contribution in [0, 0.1) is 17.2 Å². The van der Waals surface area contributed by atoms with Crippen molar-refractivity contribution in [1.82, 2.24) is 10.3 Å². The molecule has 1 aromatic carbocycles. The first-order valence-corrected chi connectivity index (χ1v) is 8.41. The summed E-state index contributed by atoms with van der Waals surface area (Å²) < 4.78 is 0. The Balaban J connectivity index is 1.47. The number of nitrogens with one attached hydrogen (secondary N) is 2. The minimum atomic E-state index is -0.354. The highest BCUT2D eigenvalue weighted by Crippen LogP contribution is 2.24. The SMILES string of the molecule is N#Cc1cccnc1NCCNC(=O)C1CC(=O)N(c2ccccc2)C1. The van der Waals surface area contributed by atoms with Gasteiger partial charge < -0.3 is 15.5 Å². The zero-order valence-corrected chi connectivity index (χ0v) is 14.2. The Bertz CT molecular complexity index is 831. The third-order valence-electron chi connectivity index (χ3n) is 4.21. The van der Waals surface area contributed by atoms with E-state index in [-0.39, 0.29) is 24.2 Å². The molecular weight excluding hydrogens is 330 g/mol. The van der Waals surface area contributed by atoms with Crippen LogP contribution in [0.1, 0.15) is 12.0 Å². The molecule has 7 heteroatoms. The highest BCUT2D eigenvalue weighted by atomic mass is 16.2. The van der Waals surface area contributed by atoms with Gasteiger partial charge in [-0.05, 0) is 24.3 Å². The molecule has 0 radical (unpaired) electrons. The molecule has 132 valence electrons. The number of nitrogens with zero attached hydrogens (tertiary/aromatic N) is 3. The number of anilines is 2. The number of benzene rings is 1. The number of nitriles is 1. The van der Waals surface area contributed by atoms with Gasteiger partial charge >= 0.3 is 0 Å². The van der Waals surface area contributed by atoms with Gasteiger partial charge in [0.25, 0.3) is 0 Å². The summed E-state index contributed by atoms with van der Waals surface area (Å²) in [5.74, 6) is -0.0375. The van der Waals surface area contributed by atoms with Crippen LogP contribution in [0.4, 0.5) is 11.5 Å². The Hall–Kier alpha value is -3.40. The van der Waals surface area contributed by atoms with E-state index in [9.17, 15) is 9.59 Å². The van der Waals surface area contributed by atoms with Gasteiger partial charge in [0.1, 0.15) is 11.9 Å². The van der Waals surface area contributed by atoms with Crippen LogP contribution in [0.2, 0.25) is 0 Å². The van der Waals surface area contributed by atoms with Crippen molar-refractivity contribution in [2.24, 2.45) is 5.92 Å². The van der Waals surface area contributed by atoms with Crippen molar-refractivity contribution < 1.29 is 9.59 Å². The fourth-order valence-corrected chi connectivity index (χ4v) is 2.89. The van der Waals surface area contributed by atoms with E-state index in [1.54, 1.807) is 23.2 Å². The maximum absolute atomic E-state index is 12.3. The number of amides is 2. The number of pyridine rings is 1. The van der Waals surface area contributed by atoms with Gasteiger partial charge in [-0.15, -0.1) is 0 Å². The van der Waals surface area contributed by atoms with E-state index in [1.807, 2.05) is 30.3 Å². The quantitative estimate of drug-likeness (QED) is 0.771. The lowest BCUT2D eigenvalue weighted by Gasteiger charge is -2.16. The van der Waals surface area contributed by atoms with E-state index < -0.39 is 0 Å². The summed E-state index contributed by atoms with van der Waals surface area (Å²) in [6.07, 6.45) is 1.82. The fourth-order valence-electron chi connectivity index (χ4n) is 2.89. The van der Waals surface area contributed by atoms with Crippen LogP contribution in [-0.2, 0) is 9.59 Å². The summed E-state index contributed by atoms with van der Waals surface area (Å²) in [4.78, 5) is 30.2. The van der Waals surface area contributed by atoms with E-state index in [4.69, 9.17) is 5.26 Å². The van der Waals surface area contributed by atoms with Crippen molar-refractivity contribution in [3.05, 3.63) is 54.2 Å². The van der Waals surface area contributed by atoms with Crippen LogP contribution in [0.15, 0.2) is 48.7 Å². The molecule has 0 spiro atoms. The van der Waals surface area contributed by atoms with E-state index in [0.717, 1.165) is 5.69 Å². The molecule has 1 saturated heterocycles. The Morgan fingerprint density at radius 2 is 2.04 bits per heavy atom. The van der Waals surface area contributed by atoms with Gasteiger partial charge in [-0.2, -0.15) is 5.26 Å². The third kappa shape index (κ3) is 3.98. The standard InChI is InChI=1S/C19H19N5O2/c20-12-14-5-4-8-21-18(14)22-9-10-23-19(26)15-11-17(25)24(13-15)16-6-2-1-3-7-16/h1-8,15H,9-11,13H2,(H,21,22)(H,23,26). The van der Waals surface area contributed by atoms with Gasteiger partial charge in [0, 0.05) is 37.9 Å². The topological polar surface area (TPSA) is 98.1 Å². The third-order valence-corrected chi connectivity index (χ3v) is 4.21. The van der Waals surface area contributed by atoms with Gasteiger partial charge in [-0.1, -0.05) is 18.2 Å². The molecule has 2 aromatic rings. The zero-order valence-electron chi connectivity index (χ0n) is 14.2. The number of para-hydroxylation sites is 1. The predicted molar refractivity (Wildman–Crippen MR) is 97.4 cm³/mol. The summed E-state index contributed by atoms with van der Waals surface area (Å²) >= 11 is 0. The van der Waals surface area contributed by atoms with Gasteiger partial charge in [0.2, 0.25) is 11.8 Å². The lowest BCUT2D eigenvalue weighted by Crippen LogP contribution is -2.35. The Morgan fingerprint density at radius 3 is 2.81 bits per heavy atom. The first-order valence-electron chi connectivity index (χ1n) is 8.41. The molecule has 2 N–H and O–H groups in total. The largest absolute Gasteiger partial charge is 0.367 e. The number of carbonyl (C=O) groups excluding carboxylic acids is 2. The average molecular weight is 349 g/mol. The summed E-state index contributed by atoms with van der Waals surface area (Å²) in [7, 11) is 0. The molecular formula is C19H19N5O2. The Kier molecular flexibility index (Phi) is 5.44. The second-order valence-corrected chi connectivity index (χ2v) is 5.97. The lowest BCUT2D eigenvalue weighted by molar-refractivity contribution is -0.126. The maximum atomic E-state index is 12.3. The second-order valence-electron chi connectivity index (χ2n) is 5.97. The molecule has 0 saturated carbocycles. The van der Waals surface area contributed by atoms with Gasteiger partial charge in [0.15, 0.2) is 0 Å². The first kappa shape index (κ1) is 17.4. The molecule has 0 bridgehead atoms. The highest BCUT2D eigenvalue weighted by molar-refractivity contribution is 6.00. The first-order chi connectivity index (χ1) is 12.7.